The Hall–Kier alpha value is -1.84. The monoisotopic (exact) mass is 311 g/mol. The summed E-state index contributed by atoms with van der Waals surface area (Å²) in [4.78, 5) is 2.37. The Kier molecular flexibility index (Phi) is 5.31. The van der Waals surface area contributed by atoms with Crippen LogP contribution in [0.5, 0.6) is 5.75 Å². The molecule has 0 amide bonds. The third-order valence-corrected chi connectivity index (χ3v) is 4.74. The maximum Gasteiger partial charge on any atom is 0.115 e. The summed E-state index contributed by atoms with van der Waals surface area (Å²) in [6.45, 7) is 2.82. The van der Waals surface area contributed by atoms with Gasteiger partial charge in [-0.05, 0) is 61.5 Å². The van der Waals surface area contributed by atoms with E-state index in [0.717, 1.165) is 38.0 Å². The van der Waals surface area contributed by atoms with E-state index in [0.29, 0.717) is 12.3 Å². The fraction of sp³-hybridized carbons (Fsp3) is 0.400. The van der Waals surface area contributed by atoms with E-state index in [1.54, 1.807) is 12.1 Å². The second kappa shape index (κ2) is 7.62. The first-order chi connectivity index (χ1) is 11.2. The highest BCUT2D eigenvalue weighted by Crippen LogP contribution is 2.27. The molecule has 2 N–H and O–H groups in total. The van der Waals surface area contributed by atoms with E-state index in [1.165, 1.54) is 5.56 Å². The van der Waals surface area contributed by atoms with E-state index in [-0.39, 0.29) is 11.9 Å². The second-order valence-corrected chi connectivity index (χ2v) is 6.51. The predicted octanol–water partition coefficient (Wildman–Crippen LogP) is 3.18. The number of aromatic hydroxyl groups is 1. The topological polar surface area (TPSA) is 43.7 Å². The van der Waals surface area contributed by atoms with Gasteiger partial charge in [0.1, 0.15) is 5.75 Å². The summed E-state index contributed by atoms with van der Waals surface area (Å²) < 4.78 is 0. The summed E-state index contributed by atoms with van der Waals surface area (Å²) in [5.41, 5.74) is 2.51. The molecule has 0 unspecified atom stereocenters. The molecule has 1 fully saturated rings. The Balaban J connectivity index is 1.46. The van der Waals surface area contributed by atoms with Crippen LogP contribution in [0.1, 0.15) is 29.9 Å². The molecule has 2 aromatic carbocycles. The summed E-state index contributed by atoms with van der Waals surface area (Å²) in [7, 11) is 0. The van der Waals surface area contributed by atoms with Gasteiger partial charge in [-0.15, -0.1) is 0 Å². The number of piperidine rings is 1. The van der Waals surface area contributed by atoms with E-state index in [2.05, 4.69) is 35.2 Å². The first-order valence-electron chi connectivity index (χ1n) is 8.44. The molecule has 3 nitrogen and oxygen atoms in total. The van der Waals surface area contributed by atoms with Gasteiger partial charge in [-0.2, -0.15) is 0 Å². The quantitative estimate of drug-likeness (QED) is 0.891. The van der Waals surface area contributed by atoms with Crippen LogP contribution in [0.15, 0.2) is 54.6 Å². The lowest BCUT2D eigenvalue weighted by atomic mass is 9.89. The van der Waals surface area contributed by atoms with Gasteiger partial charge in [0.2, 0.25) is 0 Å². The van der Waals surface area contributed by atoms with Crippen molar-refractivity contribution < 1.29 is 10.2 Å². The molecule has 1 aliphatic heterocycles. The lowest BCUT2D eigenvalue weighted by molar-refractivity contribution is 0.0971. The molecule has 0 spiro atoms. The van der Waals surface area contributed by atoms with Crippen LogP contribution in [0.2, 0.25) is 0 Å². The zero-order chi connectivity index (χ0) is 16.1. The van der Waals surface area contributed by atoms with Crippen molar-refractivity contribution >= 4 is 0 Å². The number of benzene rings is 2. The zero-order valence-electron chi connectivity index (χ0n) is 13.4. The van der Waals surface area contributed by atoms with E-state index in [9.17, 15) is 10.2 Å². The van der Waals surface area contributed by atoms with Crippen molar-refractivity contribution in [1.82, 2.24) is 4.90 Å². The van der Waals surface area contributed by atoms with Crippen LogP contribution in [0.4, 0.5) is 0 Å². The Labute approximate surface area is 138 Å². The minimum absolute atomic E-state index is 0.270. The van der Waals surface area contributed by atoms with Gasteiger partial charge in [0, 0.05) is 6.54 Å². The molecule has 0 radical (unpaired) electrons. The van der Waals surface area contributed by atoms with Crippen LogP contribution in [-0.2, 0) is 6.42 Å². The van der Waals surface area contributed by atoms with E-state index in [1.807, 2.05) is 12.1 Å². The smallest absolute Gasteiger partial charge is 0.115 e. The number of hydrogen-bond donors (Lipinski definition) is 2. The van der Waals surface area contributed by atoms with E-state index < -0.39 is 0 Å². The number of hydrogen-bond acceptors (Lipinski definition) is 3. The van der Waals surface area contributed by atoms with Crippen molar-refractivity contribution in [3.8, 4) is 5.75 Å². The standard InChI is InChI=1S/C20H25NO2/c22-19-8-6-16(7-9-19)14-20(23)15-21-12-10-18(11-13-21)17-4-2-1-3-5-17/h1-9,18,20,22-23H,10-15H2/t20-/m1/s1. The fourth-order valence-electron chi connectivity index (χ4n) is 3.44. The molecule has 3 rings (SSSR count). The van der Waals surface area contributed by atoms with Crippen LogP contribution < -0.4 is 0 Å². The number of phenols is 1. The number of likely N-dealkylation sites (tertiary alicyclic amines) is 1. The summed E-state index contributed by atoms with van der Waals surface area (Å²) in [5, 5.41) is 19.6. The zero-order valence-corrected chi connectivity index (χ0v) is 13.4. The first-order valence-corrected chi connectivity index (χ1v) is 8.44. The van der Waals surface area contributed by atoms with Crippen molar-refractivity contribution in [3.63, 3.8) is 0 Å². The van der Waals surface area contributed by atoms with Gasteiger partial charge in [0.05, 0.1) is 6.10 Å². The average Bonchev–Trinajstić information content (AvgIpc) is 2.58. The molecule has 0 aromatic heterocycles. The Morgan fingerprint density at radius 2 is 1.61 bits per heavy atom. The molecule has 1 saturated heterocycles. The Morgan fingerprint density at radius 1 is 0.957 bits per heavy atom. The van der Waals surface area contributed by atoms with Gasteiger partial charge < -0.3 is 15.1 Å². The minimum Gasteiger partial charge on any atom is -0.508 e. The van der Waals surface area contributed by atoms with Crippen molar-refractivity contribution in [2.75, 3.05) is 19.6 Å². The molecule has 0 saturated carbocycles. The number of rotatable bonds is 5. The Bertz CT molecular complexity index is 589. The Morgan fingerprint density at radius 3 is 2.26 bits per heavy atom. The van der Waals surface area contributed by atoms with Crippen LogP contribution in [0.3, 0.4) is 0 Å². The molecule has 23 heavy (non-hydrogen) atoms. The highest BCUT2D eigenvalue weighted by atomic mass is 16.3. The van der Waals surface area contributed by atoms with E-state index in [4.69, 9.17) is 0 Å². The number of aliphatic hydroxyl groups excluding tert-OH is 1. The molecule has 1 heterocycles. The molecular weight excluding hydrogens is 286 g/mol. The first kappa shape index (κ1) is 16.0. The molecule has 3 heteroatoms. The third-order valence-electron chi connectivity index (χ3n) is 4.74. The maximum absolute atomic E-state index is 10.3. The molecule has 1 aliphatic rings. The summed E-state index contributed by atoms with van der Waals surface area (Å²) in [6.07, 6.45) is 2.61. The molecule has 2 aromatic rings. The van der Waals surface area contributed by atoms with Crippen molar-refractivity contribution in [1.29, 1.82) is 0 Å². The van der Waals surface area contributed by atoms with Gasteiger partial charge in [-0.1, -0.05) is 42.5 Å². The van der Waals surface area contributed by atoms with Crippen LogP contribution in [0, 0.1) is 0 Å². The summed E-state index contributed by atoms with van der Waals surface area (Å²) in [5.74, 6) is 0.924. The summed E-state index contributed by atoms with van der Waals surface area (Å²) in [6, 6.07) is 17.8. The van der Waals surface area contributed by atoms with Gasteiger partial charge >= 0.3 is 0 Å². The fourth-order valence-corrected chi connectivity index (χ4v) is 3.44. The van der Waals surface area contributed by atoms with Gasteiger partial charge in [-0.3, -0.25) is 0 Å². The predicted molar refractivity (Wildman–Crippen MR) is 92.7 cm³/mol. The largest absolute Gasteiger partial charge is 0.508 e. The maximum atomic E-state index is 10.3. The highest BCUT2D eigenvalue weighted by molar-refractivity contribution is 5.26. The molecule has 0 bridgehead atoms. The molecule has 122 valence electrons. The minimum atomic E-state index is -0.354. The number of nitrogens with zero attached hydrogens (tertiary/aromatic N) is 1. The lowest BCUT2D eigenvalue weighted by Crippen LogP contribution is -2.39. The average molecular weight is 311 g/mol. The number of aliphatic hydroxyl groups is 1. The van der Waals surface area contributed by atoms with E-state index >= 15 is 0 Å². The highest BCUT2D eigenvalue weighted by Gasteiger charge is 2.22. The number of phenolic OH excluding ortho intramolecular Hbond substituents is 1. The third kappa shape index (κ3) is 4.57. The molecule has 1 atom stereocenters. The van der Waals surface area contributed by atoms with Crippen molar-refractivity contribution in [2.24, 2.45) is 0 Å². The SMILES string of the molecule is Oc1ccc(C[C@@H](O)CN2CCC(c3ccccc3)CC2)cc1. The van der Waals surface area contributed by atoms with Crippen LogP contribution in [0.25, 0.3) is 0 Å². The van der Waals surface area contributed by atoms with Crippen LogP contribution >= 0.6 is 0 Å². The lowest BCUT2D eigenvalue weighted by Gasteiger charge is -2.33. The van der Waals surface area contributed by atoms with Gasteiger partial charge in [0.15, 0.2) is 0 Å². The summed E-state index contributed by atoms with van der Waals surface area (Å²) >= 11 is 0. The van der Waals surface area contributed by atoms with Gasteiger partial charge in [0.25, 0.3) is 0 Å². The molecular formula is C20H25NO2. The second-order valence-electron chi connectivity index (χ2n) is 6.51. The van der Waals surface area contributed by atoms with Crippen molar-refractivity contribution in [3.05, 3.63) is 65.7 Å². The van der Waals surface area contributed by atoms with Crippen molar-refractivity contribution in [2.45, 2.75) is 31.3 Å². The van der Waals surface area contributed by atoms with Crippen LogP contribution in [-0.4, -0.2) is 40.9 Å². The number of β-amino-alcohol motifs (C(OH)–C–C–N with tert-alkyl or cyclic N) is 1. The normalized spacial score (nSPS) is 18.0. The van der Waals surface area contributed by atoms with Gasteiger partial charge in [-0.25, -0.2) is 0 Å². The molecule has 0 aliphatic carbocycles.